The fraction of sp³-hybridized carbons (Fsp3) is 0.348. The van der Waals surface area contributed by atoms with Crippen molar-refractivity contribution in [2.45, 2.75) is 38.7 Å². The molecule has 2 aromatic rings. The van der Waals surface area contributed by atoms with Gasteiger partial charge in [-0.1, -0.05) is 67.6 Å². The second-order valence-electron chi connectivity index (χ2n) is 6.72. The van der Waals surface area contributed by atoms with Crippen LogP contribution in [0.2, 0.25) is 0 Å². The first kappa shape index (κ1) is 19.3. The number of ether oxygens (including phenoxy) is 2. The van der Waals surface area contributed by atoms with Gasteiger partial charge < -0.3 is 14.4 Å². The summed E-state index contributed by atoms with van der Waals surface area (Å²) in [6.07, 6.45) is 4.22. The van der Waals surface area contributed by atoms with Crippen molar-refractivity contribution in [3.05, 3.63) is 83.9 Å². The molecule has 27 heavy (non-hydrogen) atoms. The summed E-state index contributed by atoms with van der Waals surface area (Å²) in [5.41, 5.74) is 2.24. The van der Waals surface area contributed by atoms with Gasteiger partial charge in [-0.25, -0.2) is 0 Å². The molecule has 0 unspecified atom stereocenters. The Morgan fingerprint density at radius 1 is 0.926 bits per heavy atom. The first-order valence-corrected chi connectivity index (χ1v) is 9.54. The van der Waals surface area contributed by atoms with Gasteiger partial charge >= 0.3 is 0 Å². The monoisotopic (exact) mass is 365 g/mol. The van der Waals surface area contributed by atoms with Gasteiger partial charge in [0.25, 0.3) is 0 Å². The molecule has 1 heterocycles. The molecule has 0 bridgehead atoms. The Hall–Kier alpha value is -2.43. The van der Waals surface area contributed by atoms with E-state index >= 15 is 0 Å². The Bertz CT molecular complexity index is 730. The molecule has 1 aliphatic heterocycles. The molecule has 142 valence electrons. The van der Waals surface area contributed by atoms with Crippen LogP contribution in [0.15, 0.2) is 72.8 Å². The van der Waals surface area contributed by atoms with Crippen LogP contribution in [0.25, 0.3) is 0 Å². The molecule has 0 aromatic heterocycles. The molecule has 2 atom stereocenters. The molecule has 1 aliphatic rings. The van der Waals surface area contributed by atoms with Crippen LogP contribution in [0.4, 0.5) is 0 Å². The SMILES string of the molecule is CCCN1C(=O)C=C[C@@H](OCc2ccccc2)[C@H]1COCc1ccccc1. The van der Waals surface area contributed by atoms with Gasteiger partial charge in [0.2, 0.25) is 5.91 Å². The third kappa shape index (κ3) is 5.52. The summed E-state index contributed by atoms with van der Waals surface area (Å²) in [6.45, 7) is 4.27. The Labute approximate surface area is 161 Å². The van der Waals surface area contributed by atoms with Crippen molar-refractivity contribution in [3.8, 4) is 0 Å². The van der Waals surface area contributed by atoms with Crippen molar-refractivity contribution in [3.63, 3.8) is 0 Å². The van der Waals surface area contributed by atoms with Crippen LogP contribution in [0.1, 0.15) is 24.5 Å². The van der Waals surface area contributed by atoms with Crippen molar-refractivity contribution in [1.82, 2.24) is 4.90 Å². The van der Waals surface area contributed by atoms with Crippen molar-refractivity contribution in [1.29, 1.82) is 0 Å². The van der Waals surface area contributed by atoms with E-state index in [-0.39, 0.29) is 18.1 Å². The van der Waals surface area contributed by atoms with Gasteiger partial charge in [0.1, 0.15) is 0 Å². The fourth-order valence-electron chi connectivity index (χ4n) is 3.25. The summed E-state index contributed by atoms with van der Waals surface area (Å²) in [7, 11) is 0. The molecule has 2 aromatic carbocycles. The summed E-state index contributed by atoms with van der Waals surface area (Å²) in [5.74, 6) is 0.0322. The van der Waals surface area contributed by atoms with Gasteiger partial charge in [-0.05, 0) is 23.6 Å². The van der Waals surface area contributed by atoms with E-state index in [0.29, 0.717) is 26.4 Å². The Balaban J connectivity index is 1.64. The van der Waals surface area contributed by atoms with Crippen LogP contribution in [0.3, 0.4) is 0 Å². The van der Waals surface area contributed by atoms with Crippen LogP contribution in [0, 0.1) is 0 Å². The number of carbonyl (C=O) groups is 1. The minimum Gasteiger partial charge on any atom is -0.375 e. The fourth-order valence-corrected chi connectivity index (χ4v) is 3.25. The maximum atomic E-state index is 12.4. The molecule has 0 radical (unpaired) electrons. The first-order chi connectivity index (χ1) is 13.3. The van der Waals surface area contributed by atoms with E-state index < -0.39 is 0 Å². The normalized spacial score (nSPS) is 19.4. The lowest BCUT2D eigenvalue weighted by molar-refractivity contribution is -0.136. The van der Waals surface area contributed by atoms with Crippen LogP contribution in [-0.2, 0) is 27.5 Å². The highest BCUT2D eigenvalue weighted by atomic mass is 16.5. The van der Waals surface area contributed by atoms with Crippen LogP contribution in [-0.4, -0.2) is 36.1 Å². The van der Waals surface area contributed by atoms with Crippen LogP contribution < -0.4 is 0 Å². The number of nitrogens with zero attached hydrogens (tertiary/aromatic N) is 1. The number of hydrogen-bond acceptors (Lipinski definition) is 3. The molecular formula is C23H27NO3. The predicted molar refractivity (Wildman–Crippen MR) is 106 cm³/mol. The summed E-state index contributed by atoms with van der Waals surface area (Å²) >= 11 is 0. The highest BCUT2D eigenvalue weighted by Gasteiger charge is 2.32. The molecule has 4 nitrogen and oxygen atoms in total. The van der Waals surface area contributed by atoms with E-state index in [1.54, 1.807) is 6.08 Å². The smallest absolute Gasteiger partial charge is 0.246 e. The summed E-state index contributed by atoms with van der Waals surface area (Å²) in [5, 5.41) is 0. The first-order valence-electron chi connectivity index (χ1n) is 9.54. The molecular weight excluding hydrogens is 338 g/mol. The number of rotatable bonds is 9. The van der Waals surface area contributed by atoms with Gasteiger partial charge in [-0.15, -0.1) is 0 Å². The highest BCUT2D eigenvalue weighted by molar-refractivity contribution is 5.89. The van der Waals surface area contributed by atoms with Gasteiger partial charge in [-0.2, -0.15) is 0 Å². The lowest BCUT2D eigenvalue weighted by Crippen LogP contribution is -2.52. The second-order valence-corrected chi connectivity index (χ2v) is 6.72. The largest absolute Gasteiger partial charge is 0.375 e. The van der Waals surface area contributed by atoms with Gasteiger partial charge in [0.15, 0.2) is 0 Å². The van der Waals surface area contributed by atoms with E-state index in [0.717, 1.165) is 17.5 Å². The minimum absolute atomic E-state index is 0.0322. The Kier molecular flexibility index (Phi) is 7.19. The summed E-state index contributed by atoms with van der Waals surface area (Å²) < 4.78 is 12.1. The molecule has 3 rings (SSSR count). The van der Waals surface area contributed by atoms with Crippen molar-refractivity contribution in [2.24, 2.45) is 0 Å². The standard InChI is InChI=1S/C23H27NO3/c1-2-15-24-21(18-26-16-19-9-5-3-6-10-19)22(13-14-23(24)25)27-17-20-11-7-4-8-12-20/h3-14,21-22H,2,15-18H2,1H3/t21-,22-/m1/s1. The second kappa shape index (κ2) is 10.0. The molecule has 0 N–H and O–H groups in total. The van der Waals surface area contributed by atoms with Crippen molar-refractivity contribution < 1.29 is 14.3 Å². The number of hydrogen-bond donors (Lipinski definition) is 0. The van der Waals surface area contributed by atoms with Crippen LogP contribution >= 0.6 is 0 Å². The van der Waals surface area contributed by atoms with Gasteiger partial charge in [0.05, 0.1) is 32.0 Å². The van der Waals surface area contributed by atoms with Gasteiger partial charge in [0, 0.05) is 12.6 Å². The molecule has 0 spiro atoms. The Morgan fingerprint density at radius 2 is 1.56 bits per heavy atom. The minimum atomic E-state index is -0.176. The molecule has 0 saturated heterocycles. The molecule has 1 amide bonds. The maximum Gasteiger partial charge on any atom is 0.246 e. The molecule has 4 heteroatoms. The third-order valence-corrected chi connectivity index (χ3v) is 4.64. The molecule has 0 saturated carbocycles. The average Bonchev–Trinajstić information content (AvgIpc) is 2.71. The lowest BCUT2D eigenvalue weighted by atomic mass is 10.0. The van der Waals surface area contributed by atoms with E-state index in [1.807, 2.05) is 71.6 Å². The third-order valence-electron chi connectivity index (χ3n) is 4.64. The van der Waals surface area contributed by atoms with E-state index in [2.05, 4.69) is 6.92 Å². The highest BCUT2D eigenvalue weighted by Crippen LogP contribution is 2.19. The number of benzene rings is 2. The van der Waals surface area contributed by atoms with Crippen LogP contribution in [0.5, 0.6) is 0 Å². The van der Waals surface area contributed by atoms with E-state index in [4.69, 9.17) is 9.47 Å². The number of carbonyl (C=O) groups excluding carboxylic acids is 1. The van der Waals surface area contributed by atoms with Crippen molar-refractivity contribution in [2.75, 3.05) is 13.2 Å². The summed E-state index contributed by atoms with van der Waals surface area (Å²) in [4.78, 5) is 14.3. The molecule has 0 aliphatic carbocycles. The van der Waals surface area contributed by atoms with E-state index in [1.165, 1.54) is 0 Å². The zero-order chi connectivity index (χ0) is 18.9. The maximum absolute atomic E-state index is 12.4. The van der Waals surface area contributed by atoms with Gasteiger partial charge in [-0.3, -0.25) is 4.79 Å². The zero-order valence-electron chi connectivity index (χ0n) is 15.8. The Morgan fingerprint density at radius 3 is 2.19 bits per heavy atom. The zero-order valence-corrected chi connectivity index (χ0v) is 15.8. The predicted octanol–water partition coefficient (Wildman–Crippen LogP) is 3.97. The topological polar surface area (TPSA) is 38.8 Å². The average molecular weight is 365 g/mol. The van der Waals surface area contributed by atoms with E-state index in [9.17, 15) is 4.79 Å². The number of amides is 1. The molecule has 0 fully saturated rings. The summed E-state index contributed by atoms with van der Waals surface area (Å²) in [6, 6.07) is 20.0. The lowest BCUT2D eigenvalue weighted by Gasteiger charge is -2.37. The quantitative estimate of drug-likeness (QED) is 0.675. The van der Waals surface area contributed by atoms with Crippen molar-refractivity contribution >= 4 is 5.91 Å².